The quantitative estimate of drug-likeness (QED) is 0.219. The van der Waals surface area contributed by atoms with Crippen molar-refractivity contribution in [3.63, 3.8) is 0 Å². The third kappa shape index (κ3) is 5.85. The van der Waals surface area contributed by atoms with Crippen LogP contribution in [0.5, 0.6) is 0 Å². The molecule has 3 aromatic rings. The summed E-state index contributed by atoms with van der Waals surface area (Å²) in [4.78, 5) is 0. The molecule has 3 rings (SSSR count). The molecule has 212 valence electrons. The van der Waals surface area contributed by atoms with Gasteiger partial charge in [-0.2, -0.15) is 0 Å². The second-order valence-corrected chi connectivity index (χ2v) is 19.9. The minimum absolute atomic E-state index is 0.500. The molecule has 0 aliphatic rings. The van der Waals surface area contributed by atoms with Crippen LogP contribution in [0.15, 0.2) is 72.8 Å². The highest BCUT2D eigenvalue weighted by atomic mass is 28.4. The van der Waals surface area contributed by atoms with E-state index in [4.69, 9.17) is 31.0 Å². The van der Waals surface area contributed by atoms with E-state index in [1.54, 1.807) is 42.7 Å². The van der Waals surface area contributed by atoms with Crippen LogP contribution in [0.1, 0.15) is 16.7 Å². The Morgan fingerprint density at radius 2 is 0.641 bits per heavy atom. The Labute approximate surface area is 239 Å². The van der Waals surface area contributed by atoms with Crippen LogP contribution in [-0.4, -0.2) is 78.8 Å². The van der Waals surface area contributed by atoms with E-state index in [1.807, 2.05) is 19.6 Å². The standard InChI is InChI=1S/C28H42O7Si4/c1-29-37(7,30-2)25-16-10-22(11-17-25)28(35-36,23-12-18-26(19-13-23)38(8,31-3)32-4)24-14-20-27(21-15-24)39(9,33-5)34-6/h10-21H,1-9,36H3. The zero-order valence-electron chi connectivity index (χ0n) is 24.8. The minimum atomic E-state index is -2.48. The lowest BCUT2D eigenvalue weighted by Gasteiger charge is -2.36. The SMILES string of the molecule is CO[Si](C)(OC)c1ccc(C(O[SiH3])(c2ccc([Si](C)(OC)OC)cc2)c2ccc([Si](C)(OC)OC)cc2)cc1. The Hall–Kier alpha value is -1.75. The highest BCUT2D eigenvalue weighted by Gasteiger charge is 2.40. The average Bonchev–Trinajstić information content (AvgIpc) is 3.01. The van der Waals surface area contributed by atoms with Crippen LogP contribution < -0.4 is 15.6 Å². The molecule has 0 aliphatic carbocycles. The zero-order valence-corrected chi connectivity index (χ0v) is 29.8. The minimum Gasteiger partial charge on any atom is -0.411 e. The fourth-order valence-corrected chi connectivity index (χ4v) is 9.77. The van der Waals surface area contributed by atoms with E-state index in [2.05, 4.69) is 72.8 Å². The van der Waals surface area contributed by atoms with Gasteiger partial charge in [-0.15, -0.1) is 0 Å². The predicted octanol–water partition coefficient (Wildman–Crippen LogP) is 1.99. The van der Waals surface area contributed by atoms with E-state index in [1.165, 1.54) is 0 Å². The monoisotopic (exact) mass is 602 g/mol. The smallest absolute Gasteiger partial charge is 0.368 e. The predicted molar refractivity (Wildman–Crippen MR) is 166 cm³/mol. The Kier molecular flexibility index (Phi) is 10.5. The number of rotatable bonds is 13. The highest BCUT2D eigenvalue weighted by Crippen LogP contribution is 2.39. The summed E-state index contributed by atoms with van der Waals surface area (Å²) >= 11 is 0. The molecule has 0 fully saturated rings. The molecule has 0 amide bonds. The largest absolute Gasteiger partial charge is 0.411 e. The highest BCUT2D eigenvalue weighted by molar-refractivity contribution is 6.80. The molecule has 0 aliphatic heterocycles. The molecule has 39 heavy (non-hydrogen) atoms. The van der Waals surface area contributed by atoms with Crippen molar-refractivity contribution in [3.05, 3.63) is 89.5 Å². The Balaban J connectivity index is 2.23. The molecule has 3 aromatic carbocycles. The van der Waals surface area contributed by atoms with Gasteiger partial charge in [-0.3, -0.25) is 0 Å². The maximum Gasteiger partial charge on any atom is 0.368 e. The normalized spacial score (nSPS) is 13.2. The molecule has 0 N–H and O–H groups in total. The molecule has 0 radical (unpaired) electrons. The van der Waals surface area contributed by atoms with E-state index in [0.29, 0.717) is 10.5 Å². The van der Waals surface area contributed by atoms with Gasteiger partial charge < -0.3 is 31.0 Å². The maximum atomic E-state index is 6.62. The van der Waals surface area contributed by atoms with Crippen LogP contribution in [-0.2, 0) is 36.6 Å². The van der Waals surface area contributed by atoms with Gasteiger partial charge in [-0.25, -0.2) is 0 Å². The molecule has 0 spiro atoms. The second-order valence-electron chi connectivity index (χ2n) is 9.68. The van der Waals surface area contributed by atoms with Crippen LogP contribution in [0.2, 0.25) is 19.6 Å². The molecule has 0 unspecified atom stereocenters. The fraction of sp³-hybridized carbons (Fsp3) is 0.357. The third-order valence-electron chi connectivity index (χ3n) is 8.09. The van der Waals surface area contributed by atoms with Crippen molar-refractivity contribution in [1.82, 2.24) is 0 Å². The van der Waals surface area contributed by atoms with Crippen LogP contribution >= 0.6 is 0 Å². The molecule has 0 bridgehead atoms. The maximum absolute atomic E-state index is 6.62. The molecular weight excluding hydrogens is 561 g/mol. The van der Waals surface area contributed by atoms with Gasteiger partial charge in [0, 0.05) is 42.7 Å². The number of hydrogen-bond acceptors (Lipinski definition) is 7. The van der Waals surface area contributed by atoms with Gasteiger partial charge in [-0.1, -0.05) is 72.8 Å². The van der Waals surface area contributed by atoms with Gasteiger partial charge in [0.2, 0.25) is 0 Å². The van der Waals surface area contributed by atoms with E-state index in [0.717, 1.165) is 32.3 Å². The molecule has 0 heterocycles. The zero-order chi connectivity index (χ0) is 28.9. The van der Waals surface area contributed by atoms with Gasteiger partial charge in [0.1, 0.15) is 16.1 Å². The van der Waals surface area contributed by atoms with Crippen molar-refractivity contribution < 1.29 is 31.0 Å². The summed E-state index contributed by atoms with van der Waals surface area (Å²) in [6, 6.07) is 25.2. The lowest BCUT2D eigenvalue weighted by Crippen LogP contribution is -2.50. The first-order chi connectivity index (χ1) is 18.6. The van der Waals surface area contributed by atoms with Crippen LogP contribution in [0.25, 0.3) is 0 Å². The van der Waals surface area contributed by atoms with E-state index < -0.39 is 31.3 Å². The summed E-state index contributed by atoms with van der Waals surface area (Å²) in [6.45, 7) is 6.11. The first kappa shape index (κ1) is 31.8. The van der Waals surface area contributed by atoms with Crippen molar-refractivity contribution in [2.24, 2.45) is 0 Å². The van der Waals surface area contributed by atoms with Crippen molar-refractivity contribution in [3.8, 4) is 0 Å². The summed E-state index contributed by atoms with van der Waals surface area (Å²) < 4.78 is 41.3. The van der Waals surface area contributed by atoms with Gasteiger partial charge in [-0.05, 0) is 51.9 Å². The van der Waals surface area contributed by atoms with E-state index >= 15 is 0 Å². The Morgan fingerprint density at radius 1 is 0.436 bits per heavy atom. The molecule has 0 saturated carbocycles. The van der Waals surface area contributed by atoms with Crippen molar-refractivity contribution >= 4 is 51.7 Å². The van der Waals surface area contributed by atoms with E-state index in [-0.39, 0.29) is 0 Å². The van der Waals surface area contributed by atoms with Crippen molar-refractivity contribution in [2.45, 2.75) is 25.2 Å². The molecule has 11 heteroatoms. The lowest BCUT2D eigenvalue weighted by atomic mass is 9.80. The van der Waals surface area contributed by atoms with E-state index in [9.17, 15) is 0 Å². The summed E-state index contributed by atoms with van der Waals surface area (Å²) in [5.41, 5.74) is 2.22. The van der Waals surface area contributed by atoms with Crippen LogP contribution in [0, 0.1) is 0 Å². The molecule has 0 aromatic heterocycles. The molecule has 0 atom stereocenters. The molecule has 0 saturated heterocycles. The average molecular weight is 603 g/mol. The number of benzene rings is 3. The Morgan fingerprint density at radius 3 is 0.795 bits per heavy atom. The second kappa shape index (κ2) is 12.8. The van der Waals surface area contributed by atoms with Crippen LogP contribution in [0.3, 0.4) is 0 Å². The molecular formula is C28H42O7Si4. The lowest BCUT2D eigenvalue weighted by molar-refractivity contribution is 0.173. The number of hydrogen-bond donors (Lipinski definition) is 0. The Bertz CT molecular complexity index is 1040. The topological polar surface area (TPSA) is 64.6 Å². The van der Waals surface area contributed by atoms with Crippen LogP contribution in [0.4, 0.5) is 0 Å². The van der Waals surface area contributed by atoms with Gasteiger partial charge >= 0.3 is 25.7 Å². The first-order valence-corrected chi connectivity index (χ1v) is 20.5. The molecule has 7 nitrogen and oxygen atoms in total. The first-order valence-electron chi connectivity index (χ1n) is 12.8. The fourth-order valence-electron chi connectivity index (χ4n) is 4.83. The summed E-state index contributed by atoms with van der Waals surface area (Å²) in [6.07, 6.45) is 0. The van der Waals surface area contributed by atoms with Crippen molar-refractivity contribution in [1.29, 1.82) is 0 Å². The summed E-state index contributed by atoms with van der Waals surface area (Å²) in [5, 5.41) is 3.15. The summed E-state index contributed by atoms with van der Waals surface area (Å²) in [5.74, 6) is 0. The van der Waals surface area contributed by atoms with Gasteiger partial charge in [0.05, 0.1) is 0 Å². The summed E-state index contributed by atoms with van der Waals surface area (Å²) in [7, 11) is 3.27. The van der Waals surface area contributed by atoms with Gasteiger partial charge in [0.15, 0.2) is 0 Å². The van der Waals surface area contributed by atoms with Gasteiger partial charge in [0.25, 0.3) is 0 Å². The third-order valence-corrected chi connectivity index (χ3v) is 17.5. The van der Waals surface area contributed by atoms with Crippen molar-refractivity contribution in [2.75, 3.05) is 42.7 Å².